The van der Waals surface area contributed by atoms with E-state index in [1.165, 1.54) is 30.7 Å². The highest BCUT2D eigenvalue weighted by Gasteiger charge is 2.53. The summed E-state index contributed by atoms with van der Waals surface area (Å²) in [5.74, 6) is 0.544. The number of anilines is 1. The first-order valence-electron chi connectivity index (χ1n) is 8.75. The Kier molecular flexibility index (Phi) is 4.52. The lowest BCUT2D eigenvalue weighted by atomic mass is 9.96. The molecule has 4 atom stereocenters. The van der Waals surface area contributed by atoms with E-state index in [2.05, 4.69) is 20.3 Å². The molecule has 1 saturated heterocycles. The van der Waals surface area contributed by atoms with Gasteiger partial charge in [-0.2, -0.15) is 9.97 Å². The van der Waals surface area contributed by atoms with Crippen molar-refractivity contribution in [1.82, 2.24) is 19.5 Å². The number of rotatable bonds is 4. The van der Waals surface area contributed by atoms with Gasteiger partial charge in [0.1, 0.15) is 17.8 Å². The van der Waals surface area contributed by atoms with Crippen molar-refractivity contribution in [2.24, 2.45) is 0 Å². The van der Waals surface area contributed by atoms with E-state index in [0.717, 1.165) is 12.8 Å². The topological polar surface area (TPSA) is 126 Å². The minimum absolute atomic E-state index is 0.0524. The molecular formula is C16H22ClN5O4. The summed E-state index contributed by atoms with van der Waals surface area (Å²) in [7, 11) is 0. The summed E-state index contributed by atoms with van der Waals surface area (Å²) in [5, 5.41) is 33.7. The normalized spacial score (nSPS) is 32.6. The van der Waals surface area contributed by atoms with Crippen LogP contribution in [0.2, 0.25) is 5.28 Å². The van der Waals surface area contributed by atoms with Crippen LogP contribution in [0.3, 0.4) is 0 Å². The van der Waals surface area contributed by atoms with Gasteiger partial charge in [-0.3, -0.25) is 4.57 Å². The molecule has 0 aromatic carbocycles. The Bertz CT molecular complexity index is 807. The Labute approximate surface area is 155 Å². The summed E-state index contributed by atoms with van der Waals surface area (Å²) in [4.78, 5) is 12.9. The predicted octanol–water partition coefficient (Wildman–Crippen LogP) is 0.836. The Morgan fingerprint density at radius 1 is 1.38 bits per heavy atom. The van der Waals surface area contributed by atoms with Crippen LogP contribution < -0.4 is 5.32 Å². The molecule has 0 bridgehead atoms. The molecule has 4 N–H and O–H groups in total. The van der Waals surface area contributed by atoms with Gasteiger partial charge in [0.15, 0.2) is 23.2 Å². The molecule has 142 valence electrons. The summed E-state index contributed by atoms with van der Waals surface area (Å²) < 4.78 is 7.17. The maximum absolute atomic E-state index is 10.7. The molecule has 10 heteroatoms. The molecule has 2 aromatic heterocycles. The number of ether oxygens (including phenoxy) is 1. The fourth-order valence-electron chi connectivity index (χ4n) is 3.82. The first-order chi connectivity index (χ1) is 12.4. The molecular weight excluding hydrogens is 362 g/mol. The van der Waals surface area contributed by atoms with Gasteiger partial charge >= 0.3 is 0 Å². The van der Waals surface area contributed by atoms with Crippen LogP contribution in [0.5, 0.6) is 0 Å². The number of aliphatic hydroxyl groups excluding tert-OH is 2. The number of hydrogen-bond donors (Lipinski definition) is 4. The predicted molar refractivity (Wildman–Crippen MR) is 93.8 cm³/mol. The first-order valence-corrected chi connectivity index (χ1v) is 9.13. The van der Waals surface area contributed by atoms with Crippen molar-refractivity contribution in [3.63, 3.8) is 0 Å². The van der Waals surface area contributed by atoms with Gasteiger partial charge in [-0.05, 0) is 31.4 Å². The second kappa shape index (κ2) is 6.58. The molecule has 0 spiro atoms. The van der Waals surface area contributed by atoms with E-state index in [-0.39, 0.29) is 5.28 Å². The Balaban J connectivity index is 1.74. The summed E-state index contributed by atoms with van der Waals surface area (Å²) in [6, 6.07) is 0.320. The smallest absolute Gasteiger partial charge is 0.226 e. The van der Waals surface area contributed by atoms with Gasteiger partial charge in [0, 0.05) is 6.04 Å². The van der Waals surface area contributed by atoms with Crippen LogP contribution >= 0.6 is 11.6 Å². The second-order valence-corrected chi connectivity index (χ2v) is 7.51. The number of aromatic nitrogens is 4. The largest absolute Gasteiger partial charge is 0.394 e. The molecule has 9 nitrogen and oxygen atoms in total. The van der Waals surface area contributed by atoms with Crippen molar-refractivity contribution >= 4 is 28.6 Å². The summed E-state index contributed by atoms with van der Waals surface area (Å²) in [6.07, 6.45) is 2.83. The number of aliphatic hydroxyl groups is 3. The van der Waals surface area contributed by atoms with Gasteiger partial charge < -0.3 is 25.4 Å². The number of nitrogens with zero attached hydrogens (tertiary/aromatic N) is 4. The van der Waals surface area contributed by atoms with Gasteiger partial charge in [0.2, 0.25) is 5.28 Å². The van der Waals surface area contributed by atoms with E-state index >= 15 is 0 Å². The van der Waals surface area contributed by atoms with Crippen molar-refractivity contribution in [3.8, 4) is 0 Å². The van der Waals surface area contributed by atoms with Gasteiger partial charge in [0.25, 0.3) is 0 Å². The van der Waals surface area contributed by atoms with Crippen molar-refractivity contribution in [2.75, 3.05) is 11.9 Å². The zero-order valence-electron chi connectivity index (χ0n) is 14.3. The minimum atomic E-state index is -1.63. The van der Waals surface area contributed by atoms with Crippen LogP contribution in [0, 0.1) is 0 Å². The third-order valence-electron chi connectivity index (χ3n) is 5.28. The SMILES string of the molecule is C[C@@]1(O)C(O)[C@@H](CO)O[C@H]1n1cnc2c(NC3CCCC3)nc(Cl)nc21. The molecule has 1 saturated carbocycles. The van der Waals surface area contributed by atoms with Crippen LogP contribution in [0.25, 0.3) is 11.2 Å². The third kappa shape index (κ3) is 2.84. The van der Waals surface area contributed by atoms with E-state index in [9.17, 15) is 15.3 Å². The molecule has 0 amide bonds. The van der Waals surface area contributed by atoms with E-state index in [4.69, 9.17) is 16.3 Å². The molecule has 1 aliphatic heterocycles. The molecule has 2 aromatic rings. The summed E-state index contributed by atoms with van der Waals surface area (Å²) in [5.41, 5.74) is -0.721. The molecule has 3 heterocycles. The van der Waals surface area contributed by atoms with Gasteiger partial charge in [-0.1, -0.05) is 12.8 Å². The van der Waals surface area contributed by atoms with Crippen molar-refractivity contribution in [1.29, 1.82) is 0 Å². The van der Waals surface area contributed by atoms with Gasteiger partial charge in [0.05, 0.1) is 12.9 Å². The maximum atomic E-state index is 10.7. The minimum Gasteiger partial charge on any atom is -0.394 e. The van der Waals surface area contributed by atoms with Crippen LogP contribution in [0.1, 0.15) is 38.8 Å². The maximum Gasteiger partial charge on any atom is 0.226 e. The Morgan fingerprint density at radius 2 is 2.12 bits per heavy atom. The number of halogens is 1. The Morgan fingerprint density at radius 3 is 2.77 bits per heavy atom. The molecule has 0 radical (unpaired) electrons. The molecule has 2 fully saturated rings. The average Bonchev–Trinajstić information content (AvgIpc) is 3.29. The highest BCUT2D eigenvalue weighted by atomic mass is 35.5. The van der Waals surface area contributed by atoms with Crippen molar-refractivity contribution < 1.29 is 20.1 Å². The quantitative estimate of drug-likeness (QED) is 0.572. The van der Waals surface area contributed by atoms with E-state index in [0.29, 0.717) is 23.0 Å². The lowest BCUT2D eigenvalue weighted by molar-refractivity contribution is -0.0950. The fraction of sp³-hybridized carbons (Fsp3) is 0.688. The monoisotopic (exact) mass is 383 g/mol. The van der Waals surface area contributed by atoms with Crippen LogP contribution in [-0.2, 0) is 4.74 Å². The molecule has 2 aliphatic rings. The van der Waals surface area contributed by atoms with E-state index < -0.39 is 30.6 Å². The van der Waals surface area contributed by atoms with Gasteiger partial charge in [-0.25, -0.2) is 4.98 Å². The molecule has 1 aliphatic carbocycles. The second-order valence-electron chi connectivity index (χ2n) is 7.17. The molecule has 4 rings (SSSR count). The highest BCUT2D eigenvalue weighted by molar-refractivity contribution is 6.28. The number of nitrogens with one attached hydrogen (secondary N) is 1. The van der Waals surface area contributed by atoms with Crippen LogP contribution in [0.15, 0.2) is 6.33 Å². The highest BCUT2D eigenvalue weighted by Crippen LogP contribution is 2.40. The van der Waals surface area contributed by atoms with Crippen LogP contribution in [0.4, 0.5) is 5.82 Å². The van der Waals surface area contributed by atoms with E-state index in [1.54, 1.807) is 0 Å². The number of fused-ring (bicyclic) bond motifs is 1. The zero-order chi connectivity index (χ0) is 18.5. The lowest BCUT2D eigenvalue weighted by Gasteiger charge is -2.27. The Hall–Kier alpha value is -1.52. The third-order valence-corrected chi connectivity index (χ3v) is 5.45. The van der Waals surface area contributed by atoms with Crippen molar-refractivity contribution in [2.45, 2.75) is 62.7 Å². The number of hydrogen-bond acceptors (Lipinski definition) is 8. The van der Waals surface area contributed by atoms with E-state index in [1.807, 2.05) is 0 Å². The summed E-state index contributed by atoms with van der Waals surface area (Å²) in [6.45, 7) is 1.04. The average molecular weight is 384 g/mol. The first kappa shape index (κ1) is 17.9. The molecule has 26 heavy (non-hydrogen) atoms. The summed E-state index contributed by atoms with van der Waals surface area (Å²) >= 11 is 6.10. The lowest BCUT2D eigenvalue weighted by Crippen LogP contribution is -2.44. The molecule has 1 unspecified atom stereocenters. The van der Waals surface area contributed by atoms with Crippen LogP contribution in [-0.4, -0.2) is 65.3 Å². The van der Waals surface area contributed by atoms with Crippen molar-refractivity contribution in [3.05, 3.63) is 11.6 Å². The zero-order valence-corrected chi connectivity index (χ0v) is 15.1. The number of imidazole rings is 1. The standard InChI is InChI=1S/C16H22ClN5O4/c1-16(25)11(24)9(6-23)26-14(16)22-7-18-10-12(19-8-4-2-3-5-8)20-15(17)21-13(10)22/h7-9,11,14,23-25H,2-6H2,1H3,(H,19,20,21)/t9-,11?,14-,16-/m1/s1. The van der Waals surface area contributed by atoms with Gasteiger partial charge in [-0.15, -0.1) is 0 Å². The fourth-order valence-corrected chi connectivity index (χ4v) is 3.98.